The van der Waals surface area contributed by atoms with Crippen LogP contribution in [-0.2, 0) is 11.3 Å². The Bertz CT molecular complexity index is 552. The van der Waals surface area contributed by atoms with Gasteiger partial charge in [0.05, 0.1) is 12.2 Å². The Hall–Kier alpha value is -1.75. The molecule has 1 heterocycles. The van der Waals surface area contributed by atoms with Gasteiger partial charge in [-0.15, -0.1) is 0 Å². The van der Waals surface area contributed by atoms with Gasteiger partial charge in [-0.3, -0.25) is 4.79 Å². The summed E-state index contributed by atoms with van der Waals surface area (Å²) in [7, 11) is 2.04. The number of anilines is 1. The fraction of sp³-hybridized carbons (Fsp3) is 0.611. The van der Waals surface area contributed by atoms with E-state index in [-0.39, 0.29) is 5.41 Å². The quantitative estimate of drug-likeness (QED) is 0.844. The molecule has 0 saturated heterocycles. The molecular weight excluding hydrogens is 292 g/mol. The van der Waals surface area contributed by atoms with Gasteiger partial charge in [0.1, 0.15) is 18.4 Å². The number of aliphatic carboxylic acids is 1. The molecule has 0 radical (unpaired) electrons. The molecule has 1 aliphatic heterocycles. The maximum atomic E-state index is 11.4. The first-order chi connectivity index (χ1) is 10.8. The molecular formula is C18H28N2O3. The number of benzene rings is 1. The highest BCUT2D eigenvalue weighted by molar-refractivity contribution is 5.73. The second-order valence-corrected chi connectivity index (χ2v) is 7.44. The molecule has 1 atom stereocenters. The number of carboxylic acids is 1. The van der Waals surface area contributed by atoms with E-state index < -0.39 is 12.0 Å². The SMILES string of the molecule is CN1CCOc2ccc(CN[C@@H](CCC(C)(C)C)C(=O)O)cc21. The Morgan fingerprint density at radius 1 is 1.43 bits per heavy atom. The van der Waals surface area contributed by atoms with Crippen LogP contribution in [0, 0.1) is 5.41 Å². The molecule has 0 amide bonds. The second-order valence-electron chi connectivity index (χ2n) is 7.44. The number of nitrogens with one attached hydrogen (secondary N) is 1. The van der Waals surface area contributed by atoms with Crippen LogP contribution in [0.3, 0.4) is 0 Å². The molecule has 5 nitrogen and oxygen atoms in total. The number of hydrogen-bond acceptors (Lipinski definition) is 4. The zero-order valence-corrected chi connectivity index (χ0v) is 14.6. The van der Waals surface area contributed by atoms with E-state index in [4.69, 9.17) is 4.74 Å². The standard InChI is InChI=1S/C18H28N2O3/c1-18(2,3)8-7-14(17(21)22)19-12-13-5-6-16-15(11-13)20(4)9-10-23-16/h5-6,11,14,19H,7-10,12H2,1-4H3,(H,21,22)/t14-/m0/s1. The van der Waals surface area contributed by atoms with Crippen LogP contribution in [-0.4, -0.2) is 37.3 Å². The summed E-state index contributed by atoms with van der Waals surface area (Å²) in [5.41, 5.74) is 2.28. The Morgan fingerprint density at radius 3 is 2.83 bits per heavy atom. The van der Waals surface area contributed by atoms with Gasteiger partial charge in [-0.2, -0.15) is 0 Å². The summed E-state index contributed by atoms with van der Waals surface area (Å²) in [4.78, 5) is 13.6. The molecule has 5 heteroatoms. The van der Waals surface area contributed by atoms with Crippen LogP contribution in [0.1, 0.15) is 39.2 Å². The lowest BCUT2D eigenvalue weighted by atomic mass is 9.88. The van der Waals surface area contributed by atoms with Crippen LogP contribution in [0.25, 0.3) is 0 Å². The number of fused-ring (bicyclic) bond motifs is 1. The molecule has 0 aliphatic carbocycles. The zero-order chi connectivity index (χ0) is 17.0. The minimum Gasteiger partial charge on any atom is -0.490 e. The van der Waals surface area contributed by atoms with Crippen molar-refractivity contribution < 1.29 is 14.6 Å². The average molecular weight is 320 g/mol. The van der Waals surface area contributed by atoms with Crippen molar-refractivity contribution in [3.8, 4) is 5.75 Å². The van der Waals surface area contributed by atoms with Gasteiger partial charge >= 0.3 is 5.97 Å². The second kappa shape index (κ2) is 7.21. The molecule has 0 unspecified atom stereocenters. The van der Waals surface area contributed by atoms with Crippen LogP contribution in [0.4, 0.5) is 5.69 Å². The monoisotopic (exact) mass is 320 g/mol. The van der Waals surface area contributed by atoms with Gasteiger partial charge in [-0.25, -0.2) is 0 Å². The average Bonchev–Trinajstić information content (AvgIpc) is 2.46. The number of rotatable bonds is 6. The normalized spacial score (nSPS) is 15.7. The Balaban J connectivity index is 1.98. The first-order valence-corrected chi connectivity index (χ1v) is 8.19. The smallest absolute Gasteiger partial charge is 0.320 e. The number of carbonyl (C=O) groups is 1. The molecule has 0 fully saturated rings. The van der Waals surface area contributed by atoms with Crippen molar-refractivity contribution in [3.63, 3.8) is 0 Å². The van der Waals surface area contributed by atoms with E-state index in [0.29, 0.717) is 19.6 Å². The van der Waals surface area contributed by atoms with Crippen LogP contribution >= 0.6 is 0 Å². The van der Waals surface area contributed by atoms with E-state index in [0.717, 1.165) is 30.0 Å². The van der Waals surface area contributed by atoms with E-state index in [1.165, 1.54) is 0 Å². The molecule has 23 heavy (non-hydrogen) atoms. The highest BCUT2D eigenvalue weighted by atomic mass is 16.5. The Morgan fingerprint density at radius 2 is 2.17 bits per heavy atom. The summed E-state index contributed by atoms with van der Waals surface area (Å²) in [5, 5.41) is 12.6. The van der Waals surface area contributed by atoms with Crippen molar-refractivity contribution >= 4 is 11.7 Å². The summed E-state index contributed by atoms with van der Waals surface area (Å²) in [6.07, 6.45) is 1.50. The number of hydrogen-bond donors (Lipinski definition) is 2. The van der Waals surface area contributed by atoms with Gasteiger partial charge in [-0.05, 0) is 36.0 Å². The third-order valence-electron chi connectivity index (χ3n) is 4.15. The van der Waals surface area contributed by atoms with Gasteiger partial charge in [0, 0.05) is 13.6 Å². The Kier molecular flexibility index (Phi) is 5.52. The lowest BCUT2D eigenvalue weighted by molar-refractivity contribution is -0.139. The molecule has 0 spiro atoms. The van der Waals surface area contributed by atoms with Gasteiger partial charge in [0.25, 0.3) is 0 Å². The van der Waals surface area contributed by atoms with Crippen LogP contribution in [0.5, 0.6) is 5.75 Å². The molecule has 0 saturated carbocycles. The fourth-order valence-corrected chi connectivity index (χ4v) is 2.64. The molecule has 128 valence electrons. The van der Waals surface area contributed by atoms with Crippen molar-refractivity contribution in [2.24, 2.45) is 5.41 Å². The maximum absolute atomic E-state index is 11.4. The predicted molar refractivity (Wildman–Crippen MR) is 92.2 cm³/mol. The topological polar surface area (TPSA) is 61.8 Å². The van der Waals surface area contributed by atoms with E-state index >= 15 is 0 Å². The molecule has 2 N–H and O–H groups in total. The highest BCUT2D eigenvalue weighted by Gasteiger charge is 2.21. The molecule has 0 aromatic heterocycles. The van der Waals surface area contributed by atoms with Crippen molar-refractivity contribution in [1.29, 1.82) is 0 Å². The first-order valence-electron chi connectivity index (χ1n) is 8.19. The summed E-state index contributed by atoms with van der Waals surface area (Å²) in [6.45, 7) is 8.51. The van der Waals surface area contributed by atoms with Crippen LogP contribution < -0.4 is 15.0 Å². The zero-order valence-electron chi connectivity index (χ0n) is 14.6. The van der Waals surface area contributed by atoms with Crippen molar-refractivity contribution in [3.05, 3.63) is 23.8 Å². The summed E-state index contributed by atoms with van der Waals surface area (Å²) in [5.74, 6) is 0.109. The largest absolute Gasteiger partial charge is 0.490 e. The van der Waals surface area contributed by atoms with Gasteiger partial charge in [0.15, 0.2) is 0 Å². The summed E-state index contributed by atoms with van der Waals surface area (Å²) < 4.78 is 5.63. The van der Waals surface area contributed by atoms with E-state index in [9.17, 15) is 9.90 Å². The van der Waals surface area contributed by atoms with E-state index in [1.54, 1.807) is 0 Å². The number of ether oxygens (including phenoxy) is 1. The van der Waals surface area contributed by atoms with Crippen LogP contribution in [0.2, 0.25) is 0 Å². The highest BCUT2D eigenvalue weighted by Crippen LogP contribution is 2.31. The minimum absolute atomic E-state index is 0.140. The lowest BCUT2D eigenvalue weighted by Crippen LogP contribution is -2.37. The van der Waals surface area contributed by atoms with Crippen molar-refractivity contribution in [2.75, 3.05) is 25.1 Å². The predicted octanol–water partition coefficient (Wildman–Crippen LogP) is 2.88. The first kappa shape index (κ1) is 17.6. The van der Waals surface area contributed by atoms with Gasteiger partial charge in [-0.1, -0.05) is 26.8 Å². The Labute approximate surface area is 138 Å². The van der Waals surface area contributed by atoms with Gasteiger partial charge in [0.2, 0.25) is 0 Å². The number of nitrogens with zero attached hydrogens (tertiary/aromatic N) is 1. The maximum Gasteiger partial charge on any atom is 0.320 e. The third kappa shape index (κ3) is 5.13. The summed E-state index contributed by atoms with van der Waals surface area (Å²) >= 11 is 0. The van der Waals surface area contributed by atoms with E-state index in [1.807, 2.05) is 19.2 Å². The summed E-state index contributed by atoms with van der Waals surface area (Å²) in [6, 6.07) is 5.52. The molecule has 1 aromatic rings. The molecule has 0 bridgehead atoms. The van der Waals surface area contributed by atoms with Crippen LogP contribution in [0.15, 0.2) is 18.2 Å². The van der Waals surface area contributed by atoms with E-state index in [2.05, 4.69) is 37.1 Å². The van der Waals surface area contributed by atoms with Crippen molar-refractivity contribution in [2.45, 2.75) is 46.2 Å². The fourth-order valence-electron chi connectivity index (χ4n) is 2.64. The molecule has 2 rings (SSSR count). The van der Waals surface area contributed by atoms with Gasteiger partial charge < -0.3 is 20.1 Å². The third-order valence-corrected chi connectivity index (χ3v) is 4.15. The molecule has 1 aromatic carbocycles. The number of carboxylic acid groups (broad SMARTS) is 1. The van der Waals surface area contributed by atoms with Crippen molar-refractivity contribution in [1.82, 2.24) is 5.32 Å². The minimum atomic E-state index is -0.785. The number of likely N-dealkylation sites (N-methyl/N-ethyl adjacent to an activating group) is 1. The lowest BCUT2D eigenvalue weighted by Gasteiger charge is -2.28. The molecule has 1 aliphatic rings.